The van der Waals surface area contributed by atoms with Crippen molar-refractivity contribution in [1.29, 1.82) is 0 Å². The van der Waals surface area contributed by atoms with Crippen LogP contribution >= 0.6 is 22.6 Å². The molecule has 0 aliphatic carbocycles. The first kappa shape index (κ1) is 15.5. The van der Waals surface area contributed by atoms with Gasteiger partial charge in [-0.05, 0) is 40.8 Å². The Hall–Kier alpha value is -1.88. The molecule has 2 aromatic carbocycles. The number of non-ortho nitro benzene ring substituents is 1. The fourth-order valence-electron chi connectivity index (χ4n) is 1.64. The van der Waals surface area contributed by atoms with Gasteiger partial charge < -0.3 is 5.73 Å². The van der Waals surface area contributed by atoms with Crippen LogP contribution in [0.1, 0.15) is 0 Å². The average molecular weight is 419 g/mol. The maximum absolute atomic E-state index is 12.3. The SMILES string of the molecule is Nc1cc([N+](=O)[O-])ccc1S(=O)(=O)Nc1ccccc1I. The van der Waals surface area contributed by atoms with Gasteiger partial charge in [0.25, 0.3) is 15.7 Å². The predicted octanol–water partition coefficient (Wildman–Crippen LogP) is 2.58. The van der Waals surface area contributed by atoms with Crippen LogP contribution in [0.15, 0.2) is 47.4 Å². The van der Waals surface area contributed by atoms with Crippen LogP contribution in [0.3, 0.4) is 0 Å². The van der Waals surface area contributed by atoms with E-state index in [2.05, 4.69) is 4.72 Å². The first-order chi connectivity index (χ1) is 9.81. The van der Waals surface area contributed by atoms with E-state index in [0.29, 0.717) is 5.69 Å². The second-order valence-electron chi connectivity index (χ2n) is 4.06. The highest BCUT2D eigenvalue weighted by Crippen LogP contribution is 2.27. The molecule has 7 nitrogen and oxygen atoms in total. The largest absolute Gasteiger partial charge is 0.397 e. The molecular weight excluding hydrogens is 409 g/mol. The molecule has 0 bridgehead atoms. The minimum atomic E-state index is -3.91. The van der Waals surface area contributed by atoms with Gasteiger partial charge in [0.05, 0.1) is 16.3 Å². The summed E-state index contributed by atoms with van der Waals surface area (Å²) in [7, 11) is -3.91. The number of para-hydroxylation sites is 1. The van der Waals surface area contributed by atoms with Gasteiger partial charge in [0.2, 0.25) is 0 Å². The maximum atomic E-state index is 12.3. The number of hydrogen-bond acceptors (Lipinski definition) is 5. The van der Waals surface area contributed by atoms with Crippen LogP contribution in [-0.4, -0.2) is 13.3 Å². The van der Waals surface area contributed by atoms with Crippen molar-refractivity contribution in [3.63, 3.8) is 0 Å². The topological polar surface area (TPSA) is 115 Å². The number of nitrogen functional groups attached to an aromatic ring is 1. The molecule has 2 aromatic rings. The molecule has 0 aliphatic rings. The molecule has 2 rings (SSSR count). The van der Waals surface area contributed by atoms with Gasteiger partial charge in [-0.2, -0.15) is 0 Å². The van der Waals surface area contributed by atoms with Crippen molar-refractivity contribution in [3.8, 4) is 0 Å². The molecule has 110 valence electrons. The number of sulfonamides is 1. The Balaban J connectivity index is 2.41. The number of rotatable bonds is 4. The molecule has 0 aliphatic heterocycles. The van der Waals surface area contributed by atoms with Crippen molar-refractivity contribution in [3.05, 3.63) is 56.1 Å². The zero-order valence-corrected chi connectivity index (χ0v) is 13.5. The number of benzene rings is 2. The van der Waals surface area contributed by atoms with Crippen molar-refractivity contribution in [2.75, 3.05) is 10.5 Å². The molecular formula is C12H10IN3O4S. The summed E-state index contributed by atoms with van der Waals surface area (Å²) >= 11 is 1.99. The van der Waals surface area contributed by atoms with E-state index in [0.717, 1.165) is 21.8 Å². The normalized spacial score (nSPS) is 11.1. The molecule has 0 amide bonds. The lowest BCUT2D eigenvalue weighted by atomic mass is 10.3. The number of nitro benzene ring substituents is 1. The highest BCUT2D eigenvalue weighted by Gasteiger charge is 2.20. The maximum Gasteiger partial charge on any atom is 0.271 e. The van der Waals surface area contributed by atoms with Gasteiger partial charge in [0.1, 0.15) is 4.90 Å². The molecule has 9 heteroatoms. The first-order valence-corrected chi connectivity index (χ1v) is 8.19. The molecule has 0 fully saturated rings. The van der Waals surface area contributed by atoms with Gasteiger partial charge in [-0.3, -0.25) is 14.8 Å². The summed E-state index contributed by atoms with van der Waals surface area (Å²) < 4.78 is 27.7. The van der Waals surface area contributed by atoms with E-state index in [4.69, 9.17) is 5.73 Å². The molecule has 21 heavy (non-hydrogen) atoms. The van der Waals surface area contributed by atoms with Gasteiger partial charge in [-0.15, -0.1) is 0 Å². The molecule has 0 aromatic heterocycles. The summed E-state index contributed by atoms with van der Waals surface area (Å²) in [5.74, 6) is 0. The third kappa shape index (κ3) is 3.42. The van der Waals surface area contributed by atoms with Crippen LogP contribution < -0.4 is 10.5 Å². The highest BCUT2D eigenvalue weighted by atomic mass is 127. The Morgan fingerprint density at radius 2 is 1.86 bits per heavy atom. The third-order valence-electron chi connectivity index (χ3n) is 2.61. The Kier molecular flexibility index (Phi) is 4.32. The number of hydrogen-bond donors (Lipinski definition) is 2. The van der Waals surface area contributed by atoms with Crippen LogP contribution in [0.5, 0.6) is 0 Å². The van der Waals surface area contributed by atoms with Crippen LogP contribution in [0.2, 0.25) is 0 Å². The quantitative estimate of drug-likeness (QED) is 0.342. The van der Waals surface area contributed by atoms with Gasteiger partial charge in [-0.1, -0.05) is 12.1 Å². The number of nitro groups is 1. The molecule has 0 unspecified atom stereocenters. The number of nitrogens with zero attached hydrogens (tertiary/aromatic N) is 1. The zero-order chi connectivity index (χ0) is 15.6. The van der Waals surface area contributed by atoms with Crippen molar-refractivity contribution in [2.45, 2.75) is 4.90 Å². The van der Waals surface area contributed by atoms with E-state index in [1.54, 1.807) is 24.3 Å². The summed E-state index contributed by atoms with van der Waals surface area (Å²) in [5.41, 5.74) is 5.58. The van der Waals surface area contributed by atoms with Crippen LogP contribution in [-0.2, 0) is 10.0 Å². The van der Waals surface area contributed by atoms with Crippen molar-refractivity contribution < 1.29 is 13.3 Å². The van der Waals surface area contributed by atoms with Gasteiger partial charge >= 0.3 is 0 Å². The lowest BCUT2D eigenvalue weighted by Gasteiger charge is -2.11. The summed E-state index contributed by atoms with van der Waals surface area (Å²) in [4.78, 5) is 9.79. The lowest BCUT2D eigenvalue weighted by Crippen LogP contribution is -2.15. The standard InChI is InChI=1S/C12H10IN3O4S/c13-9-3-1-2-4-11(9)15-21(19,20)12-6-5-8(16(17)18)7-10(12)14/h1-7,15H,14H2. The Bertz CT molecular complexity index is 808. The summed E-state index contributed by atoms with van der Waals surface area (Å²) in [6, 6.07) is 10.1. The van der Waals surface area contributed by atoms with E-state index in [9.17, 15) is 18.5 Å². The predicted molar refractivity (Wildman–Crippen MR) is 87.5 cm³/mol. The van der Waals surface area contributed by atoms with E-state index < -0.39 is 14.9 Å². The first-order valence-electron chi connectivity index (χ1n) is 5.62. The average Bonchev–Trinajstić information content (AvgIpc) is 2.40. The van der Waals surface area contributed by atoms with Gasteiger partial charge in [0.15, 0.2) is 0 Å². The van der Waals surface area contributed by atoms with Gasteiger partial charge in [0, 0.05) is 15.7 Å². The fourth-order valence-corrected chi connectivity index (χ4v) is 3.54. The number of halogens is 1. The molecule has 0 atom stereocenters. The zero-order valence-electron chi connectivity index (χ0n) is 10.5. The molecule has 3 N–H and O–H groups in total. The second kappa shape index (κ2) is 5.85. The highest BCUT2D eigenvalue weighted by molar-refractivity contribution is 14.1. The van der Waals surface area contributed by atoms with Crippen LogP contribution in [0.25, 0.3) is 0 Å². The Morgan fingerprint density at radius 3 is 2.43 bits per heavy atom. The fraction of sp³-hybridized carbons (Fsp3) is 0. The minimum absolute atomic E-state index is 0.178. The molecule has 0 spiro atoms. The van der Waals surface area contributed by atoms with Crippen molar-refractivity contribution in [1.82, 2.24) is 0 Å². The summed E-state index contributed by atoms with van der Waals surface area (Å²) in [6.07, 6.45) is 0. The summed E-state index contributed by atoms with van der Waals surface area (Å²) in [5, 5.41) is 10.6. The Labute approximate surface area is 134 Å². The molecule has 0 saturated carbocycles. The van der Waals surface area contributed by atoms with Gasteiger partial charge in [-0.25, -0.2) is 8.42 Å². The van der Waals surface area contributed by atoms with Crippen molar-refractivity contribution in [2.24, 2.45) is 0 Å². The van der Waals surface area contributed by atoms with E-state index in [-0.39, 0.29) is 16.3 Å². The third-order valence-corrected chi connectivity index (χ3v) is 4.99. The summed E-state index contributed by atoms with van der Waals surface area (Å²) in [6.45, 7) is 0. The molecule has 0 heterocycles. The Morgan fingerprint density at radius 1 is 1.19 bits per heavy atom. The monoisotopic (exact) mass is 419 g/mol. The van der Waals surface area contributed by atoms with E-state index in [1.165, 1.54) is 0 Å². The van der Waals surface area contributed by atoms with Crippen molar-refractivity contribution >= 4 is 49.7 Å². The van der Waals surface area contributed by atoms with E-state index >= 15 is 0 Å². The number of nitrogens with two attached hydrogens (primary N) is 1. The van der Waals surface area contributed by atoms with E-state index in [1.807, 2.05) is 22.6 Å². The molecule has 0 saturated heterocycles. The van der Waals surface area contributed by atoms with Crippen LogP contribution in [0.4, 0.5) is 17.1 Å². The molecule has 0 radical (unpaired) electrons. The van der Waals surface area contributed by atoms with Crippen LogP contribution in [0, 0.1) is 13.7 Å². The lowest BCUT2D eigenvalue weighted by molar-refractivity contribution is -0.384. The second-order valence-corrected chi connectivity index (χ2v) is 6.88. The minimum Gasteiger partial charge on any atom is -0.397 e. The smallest absolute Gasteiger partial charge is 0.271 e. The number of anilines is 2. The number of nitrogens with one attached hydrogen (secondary N) is 1.